The average Bonchev–Trinajstić information content (AvgIpc) is 3.07. The smallest absolute Gasteiger partial charge is 0.317 e. The summed E-state index contributed by atoms with van der Waals surface area (Å²) in [5.74, 6) is -0.192. The van der Waals surface area contributed by atoms with E-state index in [9.17, 15) is 4.79 Å². The number of ether oxygens (including phenoxy) is 1. The second-order valence-corrected chi connectivity index (χ2v) is 5.83. The lowest BCUT2D eigenvalue weighted by molar-refractivity contribution is -0.145. The number of nitrogens with zero attached hydrogens (tertiary/aromatic N) is 4. The molecule has 0 fully saturated rings. The van der Waals surface area contributed by atoms with Gasteiger partial charge in [-0.2, -0.15) is 10.1 Å². The third-order valence-corrected chi connectivity index (χ3v) is 4.26. The van der Waals surface area contributed by atoms with E-state index in [4.69, 9.17) is 4.74 Å². The lowest BCUT2D eigenvalue weighted by atomic mass is 9.88. The molecule has 0 amide bonds. The van der Waals surface area contributed by atoms with E-state index in [0.29, 0.717) is 5.95 Å². The van der Waals surface area contributed by atoms with Crippen LogP contribution in [0.1, 0.15) is 18.5 Å². The minimum Gasteiger partial charge on any atom is -0.468 e. The molecule has 1 aliphatic rings. The van der Waals surface area contributed by atoms with Crippen LogP contribution in [0.2, 0.25) is 0 Å². The topological polar surface area (TPSA) is 72.3 Å². The third-order valence-electron chi connectivity index (χ3n) is 4.26. The van der Waals surface area contributed by atoms with Gasteiger partial charge in [-0.15, -0.1) is 0 Å². The van der Waals surface area contributed by atoms with E-state index in [0.717, 1.165) is 16.9 Å². The molecule has 2 aromatic rings. The van der Waals surface area contributed by atoms with Crippen molar-refractivity contribution in [2.75, 3.05) is 31.4 Å². The van der Waals surface area contributed by atoms with Crippen molar-refractivity contribution in [2.45, 2.75) is 13.0 Å². The van der Waals surface area contributed by atoms with E-state index < -0.39 is 5.92 Å². The van der Waals surface area contributed by atoms with Gasteiger partial charge in [0, 0.05) is 25.5 Å². The molecule has 0 saturated carbocycles. The number of fused-ring (bicyclic) bond motifs is 1. The van der Waals surface area contributed by atoms with Gasteiger partial charge >= 0.3 is 5.97 Å². The van der Waals surface area contributed by atoms with Crippen LogP contribution in [0.5, 0.6) is 0 Å². The molecule has 1 aliphatic heterocycles. The Labute approximate surface area is 140 Å². The number of allylic oxidation sites excluding steroid dienone is 1. The highest BCUT2D eigenvalue weighted by atomic mass is 16.5. The van der Waals surface area contributed by atoms with Crippen molar-refractivity contribution in [3.8, 4) is 0 Å². The van der Waals surface area contributed by atoms with Gasteiger partial charge in [0.2, 0.25) is 5.95 Å². The molecular formula is C17H21N5O2. The zero-order valence-electron chi connectivity index (χ0n) is 14.2. The highest BCUT2D eigenvalue weighted by Crippen LogP contribution is 2.38. The second-order valence-electron chi connectivity index (χ2n) is 5.83. The fourth-order valence-electron chi connectivity index (χ4n) is 3.00. The summed E-state index contributed by atoms with van der Waals surface area (Å²) >= 11 is 0. The monoisotopic (exact) mass is 327 g/mol. The average molecular weight is 327 g/mol. The van der Waals surface area contributed by atoms with Crippen LogP contribution in [0.25, 0.3) is 0 Å². The number of rotatable bonds is 3. The van der Waals surface area contributed by atoms with Gasteiger partial charge in [0.25, 0.3) is 0 Å². The Morgan fingerprint density at radius 2 is 2.04 bits per heavy atom. The minimum absolute atomic E-state index is 0.307. The summed E-state index contributed by atoms with van der Waals surface area (Å²) in [7, 11) is 5.38. The van der Waals surface area contributed by atoms with Crippen molar-refractivity contribution in [3.05, 3.63) is 47.9 Å². The van der Waals surface area contributed by atoms with Crippen molar-refractivity contribution >= 4 is 17.6 Å². The number of nitrogens with one attached hydrogen (secondary N) is 1. The molecule has 2 heterocycles. The zero-order valence-corrected chi connectivity index (χ0v) is 14.2. The molecule has 0 aliphatic carbocycles. The number of carbonyl (C=O) groups excluding carboxylic acids is 1. The van der Waals surface area contributed by atoms with Crippen LogP contribution in [0.3, 0.4) is 0 Å². The molecule has 0 bridgehead atoms. The maximum Gasteiger partial charge on any atom is 0.317 e. The molecule has 2 atom stereocenters. The van der Waals surface area contributed by atoms with Gasteiger partial charge in [-0.3, -0.25) is 4.79 Å². The van der Waals surface area contributed by atoms with Gasteiger partial charge in [0.1, 0.15) is 12.2 Å². The summed E-state index contributed by atoms with van der Waals surface area (Å²) < 4.78 is 6.77. The van der Waals surface area contributed by atoms with Gasteiger partial charge in [-0.1, -0.05) is 18.2 Å². The second kappa shape index (κ2) is 6.35. The molecule has 0 radical (unpaired) electrons. The van der Waals surface area contributed by atoms with Crippen molar-refractivity contribution in [2.24, 2.45) is 5.92 Å². The van der Waals surface area contributed by atoms with E-state index in [1.165, 1.54) is 13.4 Å². The molecule has 1 aromatic carbocycles. The number of methoxy groups -OCH3 is 1. The summed E-state index contributed by atoms with van der Waals surface area (Å²) in [5.41, 5.74) is 2.83. The number of esters is 1. The summed E-state index contributed by atoms with van der Waals surface area (Å²) in [5, 5.41) is 7.47. The first-order valence-electron chi connectivity index (χ1n) is 7.74. The fraction of sp³-hybridized carbons (Fsp3) is 0.353. The summed E-state index contributed by atoms with van der Waals surface area (Å²) in [6, 6.07) is 7.77. The Morgan fingerprint density at radius 3 is 2.62 bits per heavy atom. The molecule has 126 valence electrons. The van der Waals surface area contributed by atoms with E-state index in [2.05, 4.69) is 15.4 Å². The number of carbonyl (C=O) groups is 1. The van der Waals surface area contributed by atoms with Gasteiger partial charge < -0.3 is 15.0 Å². The first-order valence-corrected chi connectivity index (χ1v) is 7.74. The van der Waals surface area contributed by atoms with Crippen LogP contribution in [0.4, 0.5) is 11.6 Å². The Hall–Kier alpha value is -2.83. The Morgan fingerprint density at radius 1 is 1.33 bits per heavy atom. The highest BCUT2D eigenvalue weighted by molar-refractivity contribution is 5.79. The number of hydrogen-bond donors (Lipinski definition) is 1. The lowest BCUT2D eigenvalue weighted by Gasteiger charge is -2.33. The Kier molecular flexibility index (Phi) is 4.24. The van der Waals surface area contributed by atoms with Crippen molar-refractivity contribution in [1.82, 2.24) is 14.8 Å². The third kappa shape index (κ3) is 2.62. The Bertz CT molecular complexity index is 764. The number of anilines is 2. The van der Waals surface area contributed by atoms with Gasteiger partial charge in [-0.25, -0.2) is 4.68 Å². The van der Waals surface area contributed by atoms with Gasteiger partial charge in [0.05, 0.1) is 13.2 Å². The first-order chi connectivity index (χ1) is 11.6. The molecule has 1 aromatic heterocycles. The molecule has 1 N–H and O–H groups in total. The van der Waals surface area contributed by atoms with Crippen LogP contribution >= 0.6 is 0 Å². The van der Waals surface area contributed by atoms with Gasteiger partial charge in [0.15, 0.2) is 0 Å². The standard InChI is InChI=1S/C17H21N5O2/c1-5-13-14(16(23)24-4)15(22-17(20-13)18-10-19-22)11-6-8-12(9-7-11)21(2)3/h5-10,14-15H,1-4H3,(H,18,19,20)/b13-5-/t14-,15-/m0/s1. The molecule has 3 rings (SSSR count). The molecule has 24 heavy (non-hydrogen) atoms. The predicted molar refractivity (Wildman–Crippen MR) is 91.8 cm³/mol. The summed E-state index contributed by atoms with van der Waals surface area (Å²) in [6.07, 6.45) is 3.36. The molecule has 7 nitrogen and oxygen atoms in total. The van der Waals surface area contributed by atoms with Crippen molar-refractivity contribution in [3.63, 3.8) is 0 Å². The predicted octanol–water partition coefficient (Wildman–Crippen LogP) is 2.05. The molecule has 0 unspecified atom stereocenters. The molecule has 0 saturated heterocycles. The van der Waals surface area contributed by atoms with Crippen LogP contribution in [0, 0.1) is 5.92 Å². The fourth-order valence-corrected chi connectivity index (χ4v) is 3.00. The normalized spacial score (nSPS) is 21.1. The molecule has 0 spiro atoms. The van der Waals surface area contributed by atoms with Crippen LogP contribution in [-0.4, -0.2) is 41.9 Å². The first kappa shape index (κ1) is 16.0. The Balaban J connectivity index is 2.11. The number of hydrogen-bond acceptors (Lipinski definition) is 6. The summed E-state index contributed by atoms with van der Waals surface area (Å²) in [4.78, 5) is 18.7. The van der Waals surface area contributed by atoms with Crippen LogP contribution in [0.15, 0.2) is 42.4 Å². The van der Waals surface area contributed by atoms with E-state index in [-0.39, 0.29) is 12.0 Å². The highest BCUT2D eigenvalue weighted by Gasteiger charge is 2.40. The maximum absolute atomic E-state index is 12.5. The zero-order chi connectivity index (χ0) is 17.3. The van der Waals surface area contributed by atoms with Gasteiger partial charge in [-0.05, 0) is 24.6 Å². The largest absolute Gasteiger partial charge is 0.468 e. The minimum atomic E-state index is -0.501. The van der Waals surface area contributed by atoms with Crippen molar-refractivity contribution < 1.29 is 9.53 Å². The van der Waals surface area contributed by atoms with Crippen LogP contribution in [-0.2, 0) is 9.53 Å². The van der Waals surface area contributed by atoms with E-state index in [1.54, 1.807) is 4.68 Å². The quantitative estimate of drug-likeness (QED) is 0.870. The maximum atomic E-state index is 12.5. The van der Waals surface area contributed by atoms with Crippen LogP contribution < -0.4 is 10.2 Å². The van der Waals surface area contributed by atoms with Crippen molar-refractivity contribution in [1.29, 1.82) is 0 Å². The SMILES string of the molecule is C/C=C1\Nc2ncnn2[C@@H](c2ccc(N(C)C)cc2)[C@H]1C(=O)OC. The molecular weight excluding hydrogens is 306 g/mol. The number of aromatic nitrogens is 3. The lowest BCUT2D eigenvalue weighted by Crippen LogP contribution is -2.37. The van der Waals surface area contributed by atoms with E-state index in [1.807, 2.05) is 56.3 Å². The molecule has 7 heteroatoms. The summed E-state index contributed by atoms with van der Waals surface area (Å²) in [6.45, 7) is 1.89. The number of benzene rings is 1. The van der Waals surface area contributed by atoms with E-state index >= 15 is 0 Å².